The van der Waals surface area contributed by atoms with Crippen LogP contribution in [0.5, 0.6) is 11.5 Å². The summed E-state index contributed by atoms with van der Waals surface area (Å²) >= 11 is 5.90. The van der Waals surface area contributed by atoms with Crippen LogP contribution < -0.4 is 10.5 Å². The number of nitrogens with two attached hydrogens (primary N) is 1. The SMILES string of the molecule is Cc1c(Oc2cc(Cl)c(F)cc2CCN)ccc2c1ccn2C. The van der Waals surface area contributed by atoms with E-state index in [0.717, 1.165) is 22.2 Å². The molecule has 0 bridgehead atoms. The number of rotatable bonds is 4. The topological polar surface area (TPSA) is 40.2 Å². The number of aromatic nitrogens is 1. The van der Waals surface area contributed by atoms with Gasteiger partial charge in [0, 0.05) is 35.8 Å². The van der Waals surface area contributed by atoms with Gasteiger partial charge in [-0.15, -0.1) is 0 Å². The number of hydrogen-bond acceptors (Lipinski definition) is 2. The van der Waals surface area contributed by atoms with E-state index in [2.05, 4.69) is 10.6 Å². The van der Waals surface area contributed by atoms with Gasteiger partial charge in [0.2, 0.25) is 0 Å². The number of hydrogen-bond donors (Lipinski definition) is 1. The molecule has 2 aromatic carbocycles. The van der Waals surface area contributed by atoms with Crippen LogP contribution in [0.3, 0.4) is 0 Å². The molecule has 0 aliphatic carbocycles. The van der Waals surface area contributed by atoms with Gasteiger partial charge in [-0.2, -0.15) is 0 Å². The van der Waals surface area contributed by atoms with E-state index in [4.69, 9.17) is 22.1 Å². The summed E-state index contributed by atoms with van der Waals surface area (Å²) in [5.41, 5.74) is 8.48. The fourth-order valence-electron chi connectivity index (χ4n) is 2.72. The smallest absolute Gasteiger partial charge is 0.142 e. The number of nitrogens with zero attached hydrogens (tertiary/aromatic N) is 1. The van der Waals surface area contributed by atoms with Crippen molar-refractivity contribution >= 4 is 22.5 Å². The Hall–Kier alpha value is -2.04. The van der Waals surface area contributed by atoms with Gasteiger partial charge in [-0.1, -0.05) is 11.6 Å². The highest BCUT2D eigenvalue weighted by atomic mass is 35.5. The van der Waals surface area contributed by atoms with Crippen molar-refractivity contribution in [3.63, 3.8) is 0 Å². The molecule has 1 aromatic heterocycles. The summed E-state index contributed by atoms with van der Waals surface area (Å²) in [5, 5.41) is 1.16. The second-order valence-corrected chi connectivity index (χ2v) is 5.97. The van der Waals surface area contributed by atoms with E-state index in [9.17, 15) is 4.39 Å². The first kappa shape index (κ1) is 15.8. The lowest BCUT2D eigenvalue weighted by Gasteiger charge is -2.14. The first-order valence-electron chi connectivity index (χ1n) is 7.41. The monoisotopic (exact) mass is 332 g/mol. The molecule has 23 heavy (non-hydrogen) atoms. The van der Waals surface area contributed by atoms with Gasteiger partial charge < -0.3 is 15.0 Å². The van der Waals surface area contributed by atoms with E-state index in [-0.39, 0.29) is 5.02 Å². The summed E-state index contributed by atoms with van der Waals surface area (Å²) in [7, 11) is 2.00. The molecule has 0 atom stereocenters. The second kappa shape index (κ2) is 6.22. The van der Waals surface area contributed by atoms with Gasteiger partial charge in [0.25, 0.3) is 0 Å². The Bertz CT molecular complexity index is 873. The van der Waals surface area contributed by atoms with Crippen molar-refractivity contribution in [3.8, 4) is 11.5 Å². The Morgan fingerprint density at radius 1 is 1.22 bits per heavy atom. The zero-order valence-electron chi connectivity index (χ0n) is 13.1. The highest BCUT2D eigenvalue weighted by molar-refractivity contribution is 6.30. The van der Waals surface area contributed by atoms with E-state index >= 15 is 0 Å². The molecular formula is C18H18ClFN2O. The zero-order chi connectivity index (χ0) is 16.6. The number of aryl methyl sites for hydroxylation is 2. The molecule has 0 saturated heterocycles. The highest BCUT2D eigenvalue weighted by Gasteiger charge is 2.13. The lowest BCUT2D eigenvalue weighted by atomic mass is 10.1. The molecule has 3 nitrogen and oxygen atoms in total. The van der Waals surface area contributed by atoms with Crippen molar-refractivity contribution in [1.82, 2.24) is 4.57 Å². The quantitative estimate of drug-likeness (QED) is 0.760. The molecule has 3 rings (SSSR count). The molecule has 2 N–H and O–H groups in total. The van der Waals surface area contributed by atoms with Gasteiger partial charge in [0.15, 0.2) is 0 Å². The minimum absolute atomic E-state index is 0.0409. The molecule has 1 heterocycles. The van der Waals surface area contributed by atoms with Crippen LogP contribution in [0.15, 0.2) is 36.5 Å². The molecule has 3 aromatic rings. The first-order valence-corrected chi connectivity index (χ1v) is 7.79. The van der Waals surface area contributed by atoms with Crippen LogP contribution in [0, 0.1) is 12.7 Å². The maximum Gasteiger partial charge on any atom is 0.142 e. The fraction of sp³-hybridized carbons (Fsp3) is 0.222. The van der Waals surface area contributed by atoms with E-state index in [1.54, 1.807) is 0 Å². The molecule has 0 radical (unpaired) electrons. The number of benzene rings is 2. The van der Waals surface area contributed by atoms with Crippen LogP contribution in [-0.2, 0) is 13.5 Å². The van der Waals surface area contributed by atoms with E-state index in [1.165, 1.54) is 12.1 Å². The van der Waals surface area contributed by atoms with Gasteiger partial charge in [-0.25, -0.2) is 4.39 Å². The summed E-state index contributed by atoms with van der Waals surface area (Å²) in [5.74, 6) is 0.808. The molecule has 0 fully saturated rings. The third-order valence-corrected chi connectivity index (χ3v) is 4.31. The maximum absolute atomic E-state index is 13.7. The fourth-order valence-corrected chi connectivity index (χ4v) is 2.88. The third kappa shape index (κ3) is 2.92. The van der Waals surface area contributed by atoms with Gasteiger partial charge in [-0.3, -0.25) is 0 Å². The highest BCUT2D eigenvalue weighted by Crippen LogP contribution is 2.35. The summed E-state index contributed by atoms with van der Waals surface area (Å²) in [4.78, 5) is 0. The Morgan fingerprint density at radius 3 is 2.74 bits per heavy atom. The number of ether oxygens (including phenoxy) is 1. The molecule has 120 valence electrons. The Kier molecular flexibility index (Phi) is 4.28. The summed E-state index contributed by atoms with van der Waals surface area (Å²) in [6.45, 7) is 2.42. The molecule has 0 aliphatic rings. The molecule has 0 unspecified atom stereocenters. The second-order valence-electron chi connectivity index (χ2n) is 5.56. The van der Waals surface area contributed by atoms with Crippen molar-refractivity contribution in [2.24, 2.45) is 12.8 Å². The van der Waals surface area contributed by atoms with Gasteiger partial charge >= 0.3 is 0 Å². The zero-order valence-corrected chi connectivity index (χ0v) is 13.8. The minimum atomic E-state index is -0.460. The number of fused-ring (bicyclic) bond motifs is 1. The average Bonchev–Trinajstić information content (AvgIpc) is 2.89. The molecule has 0 saturated carbocycles. The Balaban J connectivity index is 2.05. The first-order chi connectivity index (χ1) is 11.0. The summed E-state index contributed by atoms with van der Waals surface area (Å²) in [6.07, 6.45) is 2.53. The Morgan fingerprint density at radius 2 is 2.00 bits per heavy atom. The van der Waals surface area contributed by atoms with Gasteiger partial charge in [0.05, 0.1) is 5.02 Å². The lowest BCUT2D eigenvalue weighted by Crippen LogP contribution is -2.05. The standard InChI is InChI=1S/C18H18ClFN2O/c1-11-13-6-8-22(2)16(13)3-4-17(11)23-18-10-14(19)15(20)9-12(18)5-7-21/h3-4,6,8-10H,5,7,21H2,1-2H3. The van der Waals surface area contributed by atoms with Gasteiger partial charge in [-0.05, 0) is 49.7 Å². The van der Waals surface area contributed by atoms with Crippen LogP contribution in [0.2, 0.25) is 5.02 Å². The van der Waals surface area contributed by atoms with E-state index in [1.807, 2.05) is 32.3 Å². The van der Waals surface area contributed by atoms with Crippen molar-refractivity contribution in [1.29, 1.82) is 0 Å². The van der Waals surface area contributed by atoms with E-state index in [0.29, 0.717) is 24.3 Å². The predicted molar refractivity (Wildman–Crippen MR) is 91.9 cm³/mol. The van der Waals surface area contributed by atoms with Crippen LogP contribution >= 0.6 is 11.6 Å². The number of halogens is 2. The molecule has 0 aliphatic heterocycles. The molecule has 5 heteroatoms. The van der Waals surface area contributed by atoms with Crippen molar-refractivity contribution in [3.05, 3.63) is 58.5 Å². The lowest BCUT2D eigenvalue weighted by molar-refractivity contribution is 0.471. The molecular weight excluding hydrogens is 315 g/mol. The van der Waals surface area contributed by atoms with Gasteiger partial charge in [0.1, 0.15) is 17.3 Å². The molecule has 0 amide bonds. The molecule has 0 spiro atoms. The third-order valence-electron chi connectivity index (χ3n) is 4.02. The van der Waals surface area contributed by atoms with E-state index < -0.39 is 5.82 Å². The van der Waals surface area contributed by atoms with Crippen LogP contribution in [0.25, 0.3) is 10.9 Å². The largest absolute Gasteiger partial charge is 0.457 e. The average molecular weight is 333 g/mol. The van der Waals surface area contributed by atoms with Crippen molar-refractivity contribution in [2.45, 2.75) is 13.3 Å². The minimum Gasteiger partial charge on any atom is -0.457 e. The maximum atomic E-state index is 13.7. The van der Waals surface area contributed by atoms with Crippen molar-refractivity contribution < 1.29 is 9.13 Å². The van der Waals surface area contributed by atoms with Crippen LogP contribution in [0.4, 0.5) is 4.39 Å². The van der Waals surface area contributed by atoms with Crippen LogP contribution in [-0.4, -0.2) is 11.1 Å². The normalized spacial score (nSPS) is 11.2. The summed E-state index contributed by atoms with van der Waals surface area (Å²) < 4.78 is 21.8. The van der Waals surface area contributed by atoms with Crippen molar-refractivity contribution in [2.75, 3.05) is 6.54 Å². The Labute approximate surface area is 139 Å². The van der Waals surface area contributed by atoms with Crippen LogP contribution in [0.1, 0.15) is 11.1 Å². The predicted octanol–water partition coefficient (Wildman–Crippen LogP) is 4.57. The summed E-state index contributed by atoms with van der Waals surface area (Å²) in [6, 6.07) is 8.87.